The first-order valence-corrected chi connectivity index (χ1v) is 13.2. The fourth-order valence-electron chi connectivity index (χ4n) is 4.06. The van der Waals surface area contributed by atoms with Gasteiger partial charge in [0.1, 0.15) is 11.5 Å². The number of halogens is 2. The van der Waals surface area contributed by atoms with Crippen molar-refractivity contribution in [3.8, 4) is 5.75 Å². The van der Waals surface area contributed by atoms with Crippen LogP contribution < -0.4 is 9.64 Å². The molecule has 1 amide bonds. The molecule has 2 heterocycles. The minimum absolute atomic E-state index is 0.00170. The fourth-order valence-corrected chi connectivity index (χ4v) is 5.60. The van der Waals surface area contributed by atoms with Crippen molar-refractivity contribution in [2.75, 3.05) is 11.5 Å². The van der Waals surface area contributed by atoms with Crippen molar-refractivity contribution in [1.82, 2.24) is 4.98 Å². The van der Waals surface area contributed by atoms with Gasteiger partial charge in [0.05, 0.1) is 28.4 Å². The highest BCUT2D eigenvalue weighted by atomic mass is 79.9. The van der Waals surface area contributed by atoms with Gasteiger partial charge >= 0.3 is 5.91 Å². The molecule has 6 nitrogen and oxygen atoms in total. The first-order valence-electron chi connectivity index (χ1n) is 11.2. The van der Waals surface area contributed by atoms with Gasteiger partial charge in [-0.1, -0.05) is 57.9 Å². The molecule has 1 aliphatic rings. The standard InChI is InChI=1S/C27H20BrClN2O4S/c1-2-13-35-19-10-5-16(6-11-19)24(32)22-23(15-3-7-17(28)8-4-15)31(26(34)25(22)33)27-30-20-12-9-18(29)14-21(20)36-27/h3-12,14,23,32H,2,13H2,1H3. The van der Waals surface area contributed by atoms with Crippen LogP contribution in [0.1, 0.15) is 30.5 Å². The van der Waals surface area contributed by atoms with E-state index in [4.69, 9.17) is 16.3 Å². The number of aliphatic hydroxyl groups excluding tert-OH is 1. The Labute approximate surface area is 224 Å². The van der Waals surface area contributed by atoms with Crippen LogP contribution in [0.25, 0.3) is 16.0 Å². The van der Waals surface area contributed by atoms with Gasteiger partial charge in [-0.2, -0.15) is 0 Å². The summed E-state index contributed by atoms with van der Waals surface area (Å²) < 4.78 is 7.26. The minimum Gasteiger partial charge on any atom is -0.507 e. The molecule has 0 aliphatic carbocycles. The zero-order valence-corrected chi connectivity index (χ0v) is 22.2. The topological polar surface area (TPSA) is 79.7 Å². The van der Waals surface area contributed by atoms with Gasteiger partial charge in [-0.25, -0.2) is 4.98 Å². The molecule has 1 aliphatic heterocycles. The zero-order chi connectivity index (χ0) is 25.4. The second-order valence-electron chi connectivity index (χ2n) is 8.20. The van der Waals surface area contributed by atoms with E-state index in [1.165, 1.54) is 16.2 Å². The number of ketones is 1. The summed E-state index contributed by atoms with van der Waals surface area (Å²) in [5.41, 5.74) is 1.74. The van der Waals surface area contributed by atoms with Crippen molar-refractivity contribution < 1.29 is 19.4 Å². The number of aromatic nitrogens is 1. The Morgan fingerprint density at radius 3 is 2.53 bits per heavy atom. The van der Waals surface area contributed by atoms with Crippen molar-refractivity contribution in [3.05, 3.63) is 92.9 Å². The zero-order valence-electron chi connectivity index (χ0n) is 19.1. The van der Waals surface area contributed by atoms with Crippen LogP contribution in [0.5, 0.6) is 5.75 Å². The number of fused-ring (bicyclic) bond motifs is 1. The van der Waals surface area contributed by atoms with E-state index in [2.05, 4.69) is 20.9 Å². The number of amides is 1. The Morgan fingerprint density at radius 1 is 1.11 bits per heavy atom. The van der Waals surface area contributed by atoms with E-state index in [0.717, 1.165) is 15.6 Å². The van der Waals surface area contributed by atoms with E-state index in [9.17, 15) is 14.7 Å². The van der Waals surface area contributed by atoms with E-state index < -0.39 is 17.7 Å². The van der Waals surface area contributed by atoms with E-state index in [0.29, 0.717) is 39.2 Å². The van der Waals surface area contributed by atoms with Crippen molar-refractivity contribution in [3.63, 3.8) is 0 Å². The number of nitrogens with zero attached hydrogens (tertiary/aromatic N) is 2. The third-order valence-corrected chi connectivity index (χ3v) is 7.56. The molecule has 1 N–H and O–H groups in total. The van der Waals surface area contributed by atoms with Crippen LogP contribution in [0.2, 0.25) is 5.02 Å². The second-order valence-corrected chi connectivity index (χ2v) is 10.6. The number of thiazole rings is 1. The summed E-state index contributed by atoms with van der Waals surface area (Å²) in [5, 5.41) is 12.2. The third kappa shape index (κ3) is 4.52. The Bertz CT molecular complexity index is 1500. The third-order valence-electron chi connectivity index (χ3n) is 5.78. The minimum atomic E-state index is -0.856. The molecular formula is C27H20BrClN2O4S. The Balaban J connectivity index is 1.65. The maximum Gasteiger partial charge on any atom is 0.301 e. The first kappa shape index (κ1) is 24.5. The van der Waals surface area contributed by atoms with Crippen LogP contribution >= 0.6 is 38.9 Å². The molecule has 4 aromatic rings. The molecule has 1 saturated heterocycles. The number of anilines is 1. The summed E-state index contributed by atoms with van der Waals surface area (Å²) in [6, 6.07) is 18.5. The van der Waals surface area contributed by atoms with Gasteiger partial charge < -0.3 is 9.84 Å². The Morgan fingerprint density at radius 2 is 1.83 bits per heavy atom. The first-order chi connectivity index (χ1) is 17.4. The molecule has 3 aromatic carbocycles. The highest BCUT2D eigenvalue weighted by Gasteiger charge is 2.48. The molecule has 182 valence electrons. The van der Waals surface area contributed by atoms with E-state index in [-0.39, 0.29) is 11.3 Å². The lowest BCUT2D eigenvalue weighted by Crippen LogP contribution is -2.29. The van der Waals surface area contributed by atoms with Crippen molar-refractivity contribution in [2.45, 2.75) is 19.4 Å². The average Bonchev–Trinajstić information content (AvgIpc) is 3.40. The van der Waals surface area contributed by atoms with Gasteiger partial charge in [0, 0.05) is 15.1 Å². The van der Waals surface area contributed by atoms with Crippen LogP contribution in [0.4, 0.5) is 5.13 Å². The van der Waals surface area contributed by atoms with Gasteiger partial charge in [0.25, 0.3) is 5.78 Å². The molecule has 1 unspecified atom stereocenters. The lowest BCUT2D eigenvalue weighted by Gasteiger charge is -2.23. The van der Waals surface area contributed by atoms with Crippen molar-refractivity contribution >= 4 is 71.7 Å². The molecule has 1 aromatic heterocycles. The molecule has 5 rings (SSSR count). The highest BCUT2D eigenvalue weighted by Crippen LogP contribution is 2.44. The highest BCUT2D eigenvalue weighted by molar-refractivity contribution is 9.10. The van der Waals surface area contributed by atoms with Crippen LogP contribution in [-0.2, 0) is 9.59 Å². The number of hydrogen-bond acceptors (Lipinski definition) is 6. The Hall–Kier alpha value is -3.20. The summed E-state index contributed by atoms with van der Waals surface area (Å²) in [4.78, 5) is 32.7. The number of carbonyl (C=O) groups is 2. The fraction of sp³-hybridized carbons (Fsp3) is 0.148. The van der Waals surface area contributed by atoms with Crippen LogP contribution in [0.3, 0.4) is 0 Å². The number of carbonyl (C=O) groups excluding carboxylic acids is 2. The molecule has 9 heteroatoms. The summed E-state index contributed by atoms with van der Waals surface area (Å²) in [6.07, 6.45) is 0.871. The molecule has 0 saturated carbocycles. The lowest BCUT2D eigenvalue weighted by molar-refractivity contribution is -0.132. The number of Topliss-reactive ketones (excluding diaryl/α,β-unsaturated/α-hetero) is 1. The number of ether oxygens (including phenoxy) is 1. The van der Waals surface area contributed by atoms with Gasteiger partial charge in [0.15, 0.2) is 5.13 Å². The van der Waals surface area contributed by atoms with Crippen LogP contribution in [0, 0.1) is 0 Å². The number of benzene rings is 3. The van der Waals surface area contributed by atoms with Gasteiger partial charge in [-0.05, 0) is 66.6 Å². The number of rotatable bonds is 6. The SMILES string of the molecule is CCCOc1ccc(C(O)=C2C(=O)C(=O)N(c3nc4ccc(Cl)cc4s3)C2c2ccc(Br)cc2)cc1. The van der Waals surface area contributed by atoms with Gasteiger partial charge in [-0.15, -0.1) is 0 Å². The largest absolute Gasteiger partial charge is 0.507 e. The molecule has 0 radical (unpaired) electrons. The van der Waals surface area contributed by atoms with Crippen molar-refractivity contribution in [1.29, 1.82) is 0 Å². The molecule has 0 bridgehead atoms. The summed E-state index contributed by atoms with van der Waals surface area (Å²) >= 11 is 10.8. The molecule has 36 heavy (non-hydrogen) atoms. The predicted molar refractivity (Wildman–Crippen MR) is 146 cm³/mol. The number of hydrogen-bond donors (Lipinski definition) is 1. The Kier molecular flexibility index (Phi) is 6.83. The molecular weight excluding hydrogens is 564 g/mol. The molecule has 1 fully saturated rings. The number of aliphatic hydroxyl groups is 1. The van der Waals surface area contributed by atoms with E-state index >= 15 is 0 Å². The smallest absolute Gasteiger partial charge is 0.301 e. The van der Waals surface area contributed by atoms with Gasteiger partial charge in [-0.3, -0.25) is 14.5 Å². The maximum absolute atomic E-state index is 13.4. The molecule has 0 spiro atoms. The van der Waals surface area contributed by atoms with E-state index in [1.54, 1.807) is 42.5 Å². The van der Waals surface area contributed by atoms with Gasteiger partial charge in [0.2, 0.25) is 0 Å². The normalized spacial score (nSPS) is 17.2. The molecule has 1 atom stereocenters. The second kappa shape index (κ2) is 10.0. The average molecular weight is 584 g/mol. The lowest BCUT2D eigenvalue weighted by atomic mass is 9.95. The summed E-state index contributed by atoms with van der Waals surface area (Å²) in [6.45, 7) is 2.59. The monoisotopic (exact) mass is 582 g/mol. The van der Waals surface area contributed by atoms with E-state index in [1.807, 2.05) is 31.2 Å². The van der Waals surface area contributed by atoms with Crippen molar-refractivity contribution in [2.24, 2.45) is 0 Å². The maximum atomic E-state index is 13.4. The van der Waals surface area contributed by atoms with Crippen LogP contribution in [-0.4, -0.2) is 28.4 Å². The quantitative estimate of drug-likeness (QED) is 0.148. The van der Waals surface area contributed by atoms with Crippen LogP contribution in [0.15, 0.2) is 76.8 Å². The summed E-state index contributed by atoms with van der Waals surface area (Å²) in [7, 11) is 0. The predicted octanol–water partition coefficient (Wildman–Crippen LogP) is 7.13. The summed E-state index contributed by atoms with van der Waals surface area (Å²) in [5.74, 6) is -1.12.